The third-order valence-corrected chi connectivity index (χ3v) is 3.62. The van der Waals surface area contributed by atoms with E-state index >= 15 is 0 Å². The van der Waals surface area contributed by atoms with Gasteiger partial charge in [-0.1, -0.05) is 41.9 Å². The van der Waals surface area contributed by atoms with Crippen LogP contribution in [0.4, 0.5) is 0 Å². The van der Waals surface area contributed by atoms with Crippen LogP contribution in [0.1, 0.15) is 28.4 Å². The van der Waals surface area contributed by atoms with Gasteiger partial charge in [0.2, 0.25) is 0 Å². The smallest absolute Gasteiger partial charge is 0.307 e. The molecule has 2 aromatic carbocycles. The number of benzene rings is 2. The van der Waals surface area contributed by atoms with E-state index in [0.29, 0.717) is 5.56 Å². The van der Waals surface area contributed by atoms with Gasteiger partial charge in [0, 0.05) is 5.56 Å². The molecule has 0 aliphatic carbocycles. The van der Waals surface area contributed by atoms with Crippen molar-refractivity contribution in [2.24, 2.45) is 0 Å². The minimum Gasteiger partial charge on any atom is -0.506 e. The number of carbonyl (C=O) groups is 2. The zero-order valence-corrected chi connectivity index (χ0v) is 13.2. The van der Waals surface area contributed by atoms with Crippen molar-refractivity contribution < 1.29 is 19.4 Å². The van der Waals surface area contributed by atoms with Gasteiger partial charge in [-0.05, 0) is 23.8 Å². The molecule has 1 atom stereocenters. The first-order chi connectivity index (χ1) is 11.0. The van der Waals surface area contributed by atoms with E-state index in [-0.39, 0.29) is 17.2 Å². The van der Waals surface area contributed by atoms with Crippen LogP contribution in [0.25, 0.3) is 0 Å². The number of amides is 1. The largest absolute Gasteiger partial charge is 0.506 e. The van der Waals surface area contributed by atoms with Gasteiger partial charge in [-0.2, -0.15) is 0 Å². The zero-order valence-electron chi connectivity index (χ0n) is 12.5. The molecule has 0 saturated heterocycles. The fourth-order valence-electron chi connectivity index (χ4n) is 2.08. The molecule has 1 amide bonds. The zero-order chi connectivity index (χ0) is 16.8. The molecule has 1 unspecified atom stereocenters. The average Bonchev–Trinajstić information content (AvgIpc) is 2.57. The lowest BCUT2D eigenvalue weighted by Crippen LogP contribution is -2.30. The summed E-state index contributed by atoms with van der Waals surface area (Å²) in [7, 11) is 1.30. The number of carbonyl (C=O) groups excluding carboxylic acids is 2. The topological polar surface area (TPSA) is 75.6 Å². The van der Waals surface area contributed by atoms with Crippen molar-refractivity contribution in [2.45, 2.75) is 12.5 Å². The minimum absolute atomic E-state index is 0.0120. The lowest BCUT2D eigenvalue weighted by Gasteiger charge is -2.18. The highest BCUT2D eigenvalue weighted by atomic mass is 35.5. The second-order valence-corrected chi connectivity index (χ2v) is 5.29. The lowest BCUT2D eigenvalue weighted by molar-refractivity contribution is -0.141. The van der Waals surface area contributed by atoms with Crippen LogP contribution in [-0.2, 0) is 9.53 Å². The molecule has 0 aromatic heterocycles. The van der Waals surface area contributed by atoms with Gasteiger partial charge in [0.25, 0.3) is 5.91 Å². The summed E-state index contributed by atoms with van der Waals surface area (Å²) in [6.45, 7) is 0. The number of halogens is 1. The Morgan fingerprint density at radius 1 is 1.22 bits per heavy atom. The van der Waals surface area contributed by atoms with Crippen molar-refractivity contribution in [3.05, 3.63) is 64.7 Å². The minimum atomic E-state index is -0.524. The van der Waals surface area contributed by atoms with E-state index in [0.717, 1.165) is 5.56 Å². The Kier molecular flexibility index (Phi) is 5.60. The maximum atomic E-state index is 12.4. The van der Waals surface area contributed by atoms with E-state index in [1.165, 1.54) is 25.3 Å². The van der Waals surface area contributed by atoms with Gasteiger partial charge in [-0.3, -0.25) is 9.59 Å². The Hall–Kier alpha value is -2.53. The number of rotatable bonds is 5. The Labute approximate surface area is 138 Å². The molecule has 0 fully saturated rings. The van der Waals surface area contributed by atoms with Crippen molar-refractivity contribution in [3.8, 4) is 5.75 Å². The van der Waals surface area contributed by atoms with Crippen molar-refractivity contribution in [2.75, 3.05) is 7.11 Å². The Balaban J connectivity index is 2.21. The van der Waals surface area contributed by atoms with Crippen LogP contribution in [0, 0.1) is 0 Å². The van der Waals surface area contributed by atoms with Crippen molar-refractivity contribution in [1.82, 2.24) is 5.32 Å². The molecular weight excluding hydrogens is 318 g/mol. The van der Waals surface area contributed by atoms with Gasteiger partial charge in [0.05, 0.1) is 24.6 Å². The molecule has 0 heterocycles. The molecule has 23 heavy (non-hydrogen) atoms. The van der Waals surface area contributed by atoms with Gasteiger partial charge >= 0.3 is 5.97 Å². The van der Waals surface area contributed by atoms with Crippen LogP contribution in [0.3, 0.4) is 0 Å². The predicted octanol–water partition coefficient (Wildman–Crippen LogP) is 3.08. The summed E-state index contributed by atoms with van der Waals surface area (Å²) in [6, 6.07) is 12.8. The fourth-order valence-corrected chi connectivity index (χ4v) is 2.26. The predicted molar refractivity (Wildman–Crippen MR) is 86.4 cm³/mol. The molecule has 6 heteroatoms. The first-order valence-corrected chi connectivity index (χ1v) is 7.30. The Morgan fingerprint density at radius 3 is 2.52 bits per heavy atom. The second-order valence-electron chi connectivity index (χ2n) is 4.88. The van der Waals surface area contributed by atoms with Crippen LogP contribution in [-0.4, -0.2) is 24.1 Å². The molecule has 2 N–H and O–H groups in total. The van der Waals surface area contributed by atoms with E-state index < -0.39 is 17.9 Å². The van der Waals surface area contributed by atoms with Gasteiger partial charge in [-0.25, -0.2) is 0 Å². The molecule has 120 valence electrons. The first-order valence-electron chi connectivity index (χ1n) is 6.92. The van der Waals surface area contributed by atoms with Crippen LogP contribution >= 0.6 is 11.6 Å². The summed E-state index contributed by atoms with van der Waals surface area (Å²) in [6.07, 6.45) is 0.0120. The summed E-state index contributed by atoms with van der Waals surface area (Å²) >= 11 is 5.81. The van der Waals surface area contributed by atoms with Gasteiger partial charge < -0.3 is 15.2 Å². The first kappa shape index (κ1) is 16.8. The van der Waals surface area contributed by atoms with E-state index in [9.17, 15) is 14.7 Å². The molecule has 0 radical (unpaired) electrons. The maximum Gasteiger partial charge on any atom is 0.307 e. The highest BCUT2D eigenvalue weighted by Gasteiger charge is 2.20. The normalized spacial score (nSPS) is 11.6. The van der Waals surface area contributed by atoms with E-state index in [1.807, 2.05) is 30.3 Å². The monoisotopic (exact) mass is 333 g/mol. The van der Waals surface area contributed by atoms with E-state index in [1.54, 1.807) is 0 Å². The Morgan fingerprint density at radius 2 is 1.91 bits per heavy atom. The third kappa shape index (κ3) is 4.47. The summed E-state index contributed by atoms with van der Waals surface area (Å²) in [4.78, 5) is 23.9. The third-order valence-electron chi connectivity index (χ3n) is 3.32. The van der Waals surface area contributed by atoms with Gasteiger partial charge in [-0.15, -0.1) is 0 Å². The fraction of sp³-hybridized carbons (Fsp3) is 0.176. The summed E-state index contributed by atoms with van der Waals surface area (Å²) < 4.78 is 4.68. The number of hydrogen-bond acceptors (Lipinski definition) is 4. The molecule has 0 spiro atoms. The van der Waals surface area contributed by atoms with Crippen molar-refractivity contribution >= 4 is 23.5 Å². The number of ether oxygens (including phenoxy) is 1. The van der Waals surface area contributed by atoms with Gasteiger partial charge in [0.1, 0.15) is 5.75 Å². The van der Waals surface area contributed by atoms with Crippen LogP contribution in [0.5, 0.6) is 5.75 Å². The van der Waals surface area contributed by atoms with Crippen molar-refractivity contribution in [3.63, 3.8) is 0 Å². The summed E-state index contributed by atoms with van der Waals surface area (Å²) in [5.74, 6) is -0.926. The SMILES string of the molecule is COC(=O)CC(NC(=O)c1ccc(O)c(Cl)c1)c1ccccc1. The number of hydrogen-bond donors (Lipinski definition) is 2. The number of esters is 1. The van der Waals surface area contributed by atoms with Crippen LogP contribution in [0.15, 0.2) is 48.5 Å². The summed E-state index contributed by atoms with van der Waals surface area (Å²) in [5, 5.41) is 12.3. The van der Waals surface area contributed by atoms with Gasteiger partial charge in [0.15, 0.2) is 0 Å². The Bertz CT molecular complexity index is 703. The quantitative estimate of drug-likeness (QED) is 0.824. The molecule has 2 aromatic rings. The summed E-state index contributed by atoms with van der Waals surface area (Å²) in [5.41, 5.74) is 1.08. The van der Waals surface area contributed by atoms with Crippen LogP contribution < -0.4 is 5.32 Å². The number of phenolic OH excluding ortho intramolecular Hbond substituents is 1. The lowest BCUT2D eigenvalue weighted by atomic mass is 10.0. The van der Waals surface area contributed by atoms with Crippen LogP contribution in [0.2, 0.25) is 5.02 Å². The number of methoxy groups -OCH3 is 1. The number of phenols is 1. The molecule has 0 saturated carbocycles. The molecule has 2 rings (SSSR count). The maximum absolute atomic E-state index is 12.4. The second kappa shape index (κ2) is 7.65. The number of aromatic hydroxyl groups is 1. The standard InChI is InChI=1S/C17H16ClNO4/c1-23-16(21)10-14(11-5-3-2-4-6-11)19-17(22)12-7-8-15(20)13(18)9-12/h2-9,14,20H,10H2,1H3,(H,19,22). The molecule has 0 aliphatic heterocycles. The molecule has 0 bridgehead atoms. The van der Waals surface area contributed by atoms with E-state index in [4.69, 9.17) is 11.6 Å². The molecule has 0 aliphatic rings. The molecular formula is C17H16ClNO4. The highest BCUT2D eigenvalue weighted by Crippen LogP contribution is 2.24. The van der Waals surface area contributed by atoms with Crippen molar-refractivity contribution in [1.29, 1.82) is 0 Å². The number of nitrogens with one attached hydrogen (secondary N) is 1. The molecule has 5 nitrogen and oxygen atoms in total. The van der Waals surface area contributed by atoms with E-state index in [2.05, 4.69) is 10.1 Å². The average molecular weight is 334 g/mol. The highest BCUT2D eigenvalue weighted by molar-refractivity contribution is 6.32.